The Balaban J connectivity index is 2.42. The van der Waals surface area contributed by atoms with Crippen LogP contribution in [-0.4, -0.2) is 11.7 Å². The largest absolute Gasteiger partial charge is 0.349 e. The molecule has 0 spiro atoms. The van der Waals surface area contributed by atoms with Crippen LogP contribution in [0.5, 0.6) is 0 Å². The van der Waals surface area contributed by atoms with E-state index in [1.165, 1.54) is 0 Å². The van der Waals surface area contributed by atoms with Crippen molar-refractivity contribution in [1.82, 2.24) is 5.16 Å². The number of aromatic nitrogens is 1. The third kappa shape index (κ3) is 2.11. The first-order chi connectivity index (χ1) is 4.83. The molecule has 0 aliphatic heterocycles. The molecule has 4 heteroatoms. The average Bonchev–Trinajstić information content (AvgIpc) is 2.31. The topological polar surface area (TPSA) is 52.0 Å². The lowest BCUT2D eigenvalue weighted by Gasteiger charge is -1.88. The molecule has 1 aromatic rings. The van der Waals surface area contributed by atoms with Gasteiger partial charge in [-0.05, 0) is 35.3 Å². The first-order valence-electron chi connectivity index (χ1n) is 3.14. The maximum Gasteiger partial charge on any atom is 0.202 e. The first-order valence-corrected chi connectivity index (χ1v) is 3.93. The number of nitrogens with zero attached hydrogens (tertiary/aromatic N) is 1. The van der Waals surface area contributed by atoms with Gasteiger partial charge in [0.25, 0.3) is 0 Å². The molecule has 1 heterocycles. The van der Waals surface area contributed by atoms with Crippen LogP contribution in [0.1, 0.15) is 12.1 Å². The van der Waals surface area contributed by atoms with E-state index in [9.17, 15) is 0 Å². The summed E-state index contributed by atoms with van der Waals surface area (Å²) in [5, 5.41) is 3.78. The molecular formula is C6H9BrN2O. The number of halogens is 1. The Morgan fingerprint density at radius 2 is 2.50 bits per heavy atom. The third-order valence-corrected chi connectivity index (χ3v) is 1.54. The van der Waals surface area contributed by atoms with E-state index in [4.69, 9.17) is 10.3 Å². The quantitative estimate of drug-likeness (QED) is 0.809. The lowest BCUT2D eigenvalue weighted by Crippen LogP contribution is -2.00. The normalized spacial score (nSPS) is 10.2. The number of hydrogen-bond donors (Lipinski definition) is 1. The van der Waals surface area contributed by atoms with Crippen LogP contribution in [0, 0.1) is 0 Å². The van der Waals surface area contributed by atoms with Gasteiger partial charge in [0.15, 0.2) is 0 Å². The zero-order chi connectivity index (χ0) is 7.40. The Labute approximate surface area is 67.7 Å². The van der Waals surface area contributed by atoms with Crippen LogP contribution >= 0.6 is 15.9 Å². The van der Waals surface area contributed by atoms with Crippen LogP contribution in [-0.2, 0) is 6.42 Å². The zero-order valence-corrected chi connectivity index (χ0v) is 7.10. The minimum absolute atomic E-state index is 0.680. The molecule has 0 saturated heterocycles. The summed E-state index contributed by atoms with van der Waals surface area (Å²) < 4.78 is 5.47. The summed E-state index contributed by atoms with van der Waals surface area (Å²) in [7, 11) is 0. The fourth-order valence-corrected chi connectivity index (χ4v) is 1.02. The van der Waals surface area contributed by atoms with Gasteiger partial charge in [-0.15, -0.1) is 0 Å². The van der Waals surface area contributed by atoms with Gasteiger partial charge in [0.2, 0.25) is 4.67 Å². The highest BCUT2D eigenvalue weighted by atomic mass is 79.9. The van der Waals surface area contributed by atoms with Crippen molar-refractivity contribution in [1.29, 1.82) is 0 Å². The molecule has 56 valence electrons. The van der Waals surface area contributed by atoms with Gasteiger partial charge in [-0.1, -0.05) is 5.16 Å². The highest BCUT2D eigenvalue weighted by molar-refractivity contribution is 9.10. The second-order valence-corrected chi connectivity index (χ2v) is 2.80. The summed E-state index contributed by atoms with van der Waals surface area (Å²) in [6.45, 7) is 0.699. The van der Waals surface area contributed by atoms with Crippen molar-refractivity contribution in [2.75, 3.05) is 6.54 Å². The Bertz CT molecular complexity index is 199. The molecule has 1 rings (SSSR count). The standard InChI is InChI=1S/C6H9BrN2O/c7-6-4-5(9-10-6)2-1-3-8/h4H,1-3,8H2. The summed E-state index contributed by atoms with van der Waals surface area (Å²) in [6.07, 6.45) is 1.85. The van der Waals surface area contributed by atoms with E-state index in [2.05, 4.69) is 21.1 Å². The molecule has 0 aliphatic carbocycles. The van der Waals surface area contributed by atoms with Gasteiger partial charge in [0, 0.05) is 6.07 Å². The molecule has 0 bridgehead atoms. The van der Waals surface area contributed by atoms with Gasteiger partial charge >= 0.3 is 0 Å². The maximum absolute atomic E-state index is 5.31. The summed E-state index contributed by atoms with van der Waals surface area (Å²) in [6, 6.07) is 1.86. The molecular weight excluding hydrogens is 196 g/mol. The molecule has 0 saturated carbocycles. The fraction of sp³-hybridized carbons (Fsp3) is 0.500. The smallest absolute Gasteiger partial charge is 0.202 e. The molecule has 3 nitrogen and oxygen atoms in total. The first kappa shape index (κ1) is 7.75. The van der Waals surface area contributed by atoms with E-state index < -0.39 is 0 Å². The lowest BCUT2D eigenvalue weighted by molar-refractivity contribution is 0.392. The van der Waals surface area contributed by atoms with Gasteiger partial charge in [-0.2, -0.15) is 0 Å². The van der Waals surface area contributed by atoms with E-state index in [0.717, 1.165) is 18.5 Å². The van der Waals surface area contributed by atoms with Crippen LogP contribution < -0.4 is 5.73 Å². The van der Waals surface area contributed by atoms with Crippen LogP contribution in [0.3, 0.4) is 0 Å². The van der Waals surface area contributed by atoms with Gasteiger partial charge in [0.05, 0.1) is 5.69 Å². The van der Waals surface area contributed by atoms with Crippen molar-refractivity contribution in [3.8, 4) is 0 Å². The molecule has 0 unspecified atom stereocenters. The molecule has 0 atom stereocenters. The van der Waals surface area contributed by atoms with Crippen molar-refractivity contribution in [3.05, 3.63) is 16.4 Å². The molecule has 0 aromatic carbocycles. The molecule has 0 aliphatic rings. The second kappa shape index (κ2) is 3.73. The van der Waals surface area contributed by atoms with Gasteiger partial charge < -0.3 is 10.3 Å². The number of aryl methyl sites for hydroxylation is 1. The Morgan fingerprint density at radius 1 is 1.70 bits per heavy atom. The molecule has 0 radical (unpaired) electrons. The van der Waals surface area contributed by atoms with E-state index in [0.29, 0.717) is 11.2 Å². The number of rotatable bonds is 3. The average molecular weight is 205 g/mol. The third-order valence-electron chi connectivity index (χ3n) is 1.17. The van der Waals surface area contributed by atoms with Gasteiger partial charge in [-0.3, -0.25) is 0 Å². The lowest BCUT2D eigenvalue weighted by atomic mass is 10.2. The van der Waals surface area contributed by atoms with Crippen molar-refractivity contribution < 1.29 is 4.52 Å². The van der Waals surface area contributed by atoms with Gasteiger partial charge in [-0.25, -0.2) is 0 Å². The van der Waals surface area contributed by atoms with Crippen LogP contribution in [0.25, 0.3) is 0 Å². The van der Waals surface area contributed by atoms with E-state index in [-0.39, 0.29) is 0 Å². The van der Waals surface area contributed by atoms with Crippen molar-refractivity contribution in [2.24, 2.45) is 5.73 Å². The summed E-state index contributed by atoms with van der Waals surface area (Å²) in [5.74, 6) is 0. The summed E-state index contributed by atoms with van der Waals surface area (Å²) >= 11 is 3.16. The Kier molecular flexibility index (Phi) is 2.89. The highest BCUT2D eigenvalue weighted by Gasteiger charge is 1.98. The van der Waals surface area contributed by atoms with Crippen LogP contribution in [0.2, 0.25) is 0 Å². The Morgan fingerprint density at radius 3 is 3.00 bits per heavy atom. The predicted molar refractivity (Wildman–Crippen MR) is 41.6 cm³/mol. The summed E-state index contributed by atoms with van der Waals surface area (Å²) in [5.41, 5.74) is 6.27. The SMILES string of the molecule is NCCCc1cc(Br)on1. The van der Waals surface area contributed by atoms with Crippen molar-refractivity contribution in [3.63, 3.8) is 0 Å². The highest BCUT2D eigenvalue weighted by Crippen LogP contribution is 2.11. The molecule has 0 fully saturated rings. The zero-order valence-electron chi connectivity index (χ0n) is 5.51. The monoisotopic (exact) mass is 204 g/mol. The molecule has 1 aromatic heterocycles. The molecule has 10 heavy (non-hydrogen) atoms. The van der Waals surface area contributed by atoms with Crippen molar-refractivity contribution in [2.45, 2.75) is 12.8 Å². The maximum atomic E-state index is 5.31. The van der Waals surface area contributed by atoms with Crippen molar-refractivity contribution >= 4 is 15.9 Å². The minimum atomic E-state index is 0.680. The van der Waals surface area contributed by atoms with Gasteiger partial charge in [0.1, 0.15) is 0 Å². The van der Waals surface area contributed by atoms with E-state index >= 15 is 0 Å². The molecule has 2 N–H and O–H groups in total. The number of nitrogens with two attached hydrogens (primary N) is 1. The molecule has 0 amide bonds. The summed E-state index contributed by atoms with van der Waals surface area (Å²) in [4.78, 5) is 0. The van der Waals surface area contributed by atoms with E-state index in [1.807, 2.05) is 6.07 Å². The fourth-order valence-electron chi connectivity index (χ4n) is 0.687. The Hall–Kier alpha value is -0.350. The minimum Gasteiger partial charge on any atom is -0.349 e. The second-order valence-electron chi connectivity index (χ2n) is 2.01. The van der Waals surface area contributed by atoms with E-state index in [1.54, 1.807) is 0 Å². The van der Waals surface area contributed by atoms with Crippen LogP contribution in [0.4, 0.5) is 0 Å². The van der Waals surface area contributed by atoms with Crippen LogP contribution in [0.15, 0.2) is 15.3 Å². The number of hydrogen-bond acceptors (Lipinski definition) is 3. The predicted octanol–water partition coefficient (Wildman–Crippen LogP) is 1.33.